The van der Waals surface area contributed by atoms with Crippen molar-refractivity contribution < 1.29 is 14.4 Å². The van der Waals surface area contributed by atoms with Crippen molar-refractivity contribution in [2.45, 2.75) is 33.2 Å². The largest absolute Gasteiger partial charge is 0.508 e. The Morgan fingerprint density at radius 3 is 2.74 bits per heavy atom. The molecule has 0 aliphatic carbocycles. The first kappa shape index (κ1) is 19.0. The van der Waals surface area contributed by atoms with E-state index in [1.54, 1.807) is 12.1 Å². The SMILES string of the molecule is C#CCNC(=O)C1CCN(Cc2cc(O)cc(-c3c(C)noc3C)c2)CC1. The molecule has 142 valence electrons. The lowest BCUT2D eigenvalue weighted by molar-refractivity contribution is -0.126. The monoisotopic (exact) mass is 367 g/mol. The van der Waals surface area contributed by atoms with E-state index in [-0.39, 0.29) is 24.1 Å². The number of aryl methyl sites for hydroxylation is 2. The van der Waals surface area contributed by atoms with E-state index in [4.69, 9.17) is 10.9 Å². The number of aromatic nitrogens is 1. The summed E-state index contributed by atoms with van der Waals surface area (Å²) in [5.74, 6) is 3.47. The Morgan fingerprint density at radius 2 is 2.11 bits per heavy atom. The van der Waals surface area contributed by atoms with Crippen molar-refractivity contribution >= 4 is 5.91 Å². The quantitative estimate of drug-likeness (QED) is 0.795. The van der Waals surface area contributed by atoms with Gasteiger partial charge in [0.05, 0.1) is 12.2 Å². The molecule has 1 amide bonds. The van der Waals surface area contributed by atoms with E-state index < -0.39 is 0 Å². The summed E-state index contributed by atoms with van der Waals surface area (Å²) in [5.41, 5.74) is 3.67. The lowest BCUT2D eigenvalue weighted by Gasteiger charge is -2.31. The number of likely N-dealkylation sites (tertiary alicyclic amines) is 1. The van der Waals surface area contributed by atoms with Gasteiger partial charge in [-0.3, -0.25) is 9.69 Å². The minimum absolute atomic E-state index is 0.0247. The molecule has 1 aliphatic rings. The Kier molecular flexibility index (Phi) is 5.82. The van der Waals surface area contributed by atoms with Gasteiger partial charge >= 0.3 is 0 Å². The molecule has 0 radical (unpaired) electrons. The van der Waals surface area contributed by atoms with Crippen LogP contribution in [0.2, 0.25) is 0 Å². The molecule has 0 atom stereocenters. The number of hydrogen-bond donors (Lipinski definition) is 2. The van der Waals surface area contributed by atoms with E-state index in [0.29, 0.717) is 0 Å². The van der Waals surface area contributed by atoms with Crippen LogP contribution in [0.3, 0.4) is 0 Å². The Balaban J connectivity index is 1.66. The number of amides is 1. The molecule has 3 rings (SSSR count). The zero-order valence-corrected chi connectivity index (χ0v) is 15.8. The lowest BCUT2D eigenvalue weighted by atomic mass is 9.95. The van der Waals surface area contributed by atoms with Gasteiger partial charge in [-0.15, -0.1) is 6.42 Å². The van der Waals surface area contributed by atoms with Gasteiger partial charge in [-0.05, 0) is 69.1 Å². The maximum atomic E-state index is 12.0. The van der Waals surface area contributed by atoms with E-state index in [9.17, 15) is 9.90 Å². The van der Waals surface area contributed by atoms with Gasteiger partial charge in [0, 0.05) is 18.0 Å². The number of rotatable bonds is 5. The van der Waals surface area contributed by atoms with Gasteiger partial charge in [-0.1, -0.05) is 11.1 Å². The van der Waals surface area contributed by atoms with E-state index >= 15 is 0 Å². The second-order valence-electron chi connectivity index (χ2n) is 7.06. The van der Waals surface area contributed by atoms with Crippen LogP contribution in [0.5, 0.6) is 5.75 Å². The number of terminal acetylenes is 1. The fourth-order valence-corrected chi connectivity index (χ4v) is 3.70. The minimum atomic E-state index is 0.0247. The number of nitrogens with one attached hydrogen (secondary N) is 1. The molecular weight excluding hydrogens is 342 g/mol. The first-order chi connectivity index (χ1) is 13.0. The summed E-state index contributed by atoms with van der Waals surface area (Å²) in [4.78, 5) is 14.3. The molecule has 0 saturated carbocycles. The van der Waals surface area contributed by atoms with E-state index in [0.717, 1.165) is 60.6 Å². The number of carbonyl (C=O) groups is 1. The zero-order valence-electron chi connectivity index (χ0n) is 15.8. The average Bonchev–Trinajstić information content (AvgIpc) is 2.98. The average molecular weight is 367 g/mol. The van der Waals surface area contributed by atoms with E-state index in [1.165, 1.54) is 0 Å². The predicted molar refractivity (Wildman–Crippen MR) is 103 cm³/mol. The van der Waals surface area contributed by atoms with Crippen molar-refractivity contribution in [1.82, 2.24) is 15.4 Å². The van der Waals surface area contributed by atoms with Crippen LogP contribution < -0.4 is 5.32 Å². The van der Waals surface area contributed by atoms with Crippen LogP contribution in [0.15, 0.2) is 22.7 Å². The summed E-state index contributed by atoms with van der Waals surface area (Å²) >= 11 is 0. The summed E-state index contributed by atoms with van der Waals surface area (Å²) in [5, 5.41) is 16.9. The molecule has 1 fully saturated rings. The predicted octanol–water partition coefficient (Wildman–Crippen LogP) is 2.63. The fraction of sp³-hybridized carbons (Fsp3) is 0.429. The van der Waals surface area contributed by atoms with Gasteiger partial charge in [0.1, 0.15) is 11.5 Å². The van der Waals surface area contributed by atoms with Crippen molar-refractivity contribution in [3.63, 3.8) is 0 Å². The molecule has 1 aromatic carbocycles. The number of phenols is 1. The number of aromatic hydroxyl groups is 1. The van der Waals surface area contributed by atoms with Gasteiger partial charge in [0.2, 0.25) is 5.91 Å². The Morgan fingerprint density at radius 1 is 1.37 bits per heavy atom. The van der Waals surface area contributed by atoms with Crippen LogP contribution in [-0.4, -0.2) is 40.7 Å². The zero-order chi connectivity index (χ0) is 19.4. The minimum Gasteiger partial charge on any atom is -0.508 e. The van der Waals surface area contributed by atoms with Gasteiger partial charge in [-0.25, -0.2) is 0 Å². The van der Waals surface area contributed by atoms with Crippen LogP contribution in [0.1, 0.15) is 29.9 Å². The molecule has 6 nitrogen and oxygen atoms in total. The van der Waals surface area contributed by atoms with Crippen LogP contribution in [0.4, 0.5) is 0 Å². The summed E-state index contributed by atoms with van der Waals surface area (Å²) in [7, 11) is 0. The highest BCUT2D eigenvalue weighted by Crippen LogP contribution is 2.31. The van der Waals surface area contributed by atoms with Crippen LogP contribution >= 0.6 is 0 Å². The van der Waals surface area contributed by atoms with Gasteiger partial charge in [0.25, 0.3) is 0 Å². The van der Waals surface area contributed by atoms with E-state index in [2.05, 4.69) is 27.4 Å². The van der Waals surface area contributed by atoms with Crippen molar-refractivity contribution in [2.24, 2.45) is 5.92 Å². The maximum absolute atomic E-state index is 12.0. The number of nitrogens with zero attached hydrogens (tertiary/aromatic N) is 2. The smallest absolute Gasteiger partial charge is 0.223 e. The van der Waals surface area contributed by atoms with Crippen LogP contribution in [0, 0.1) is 32.1 Å². The molecule has 1 aromatic heterocycles. The van der Waals surface area contributed by atoms with Crippen molar-refractivity contribution in [1.29, 1.82) is 0 Å². The number of piperidine rings is 1. The molecular formula is C21H25N3O3. The first-order valence-corrected chi connectivity index (χ1v) is 9.17. The molecule has 0 spiro atoms. The summed E-state index contributed by atoms with van der Waals surface area (Å²) in [6.45, 7) is 6.45. The standard InChI is InChI=1S/C21H25N3O3/c1-4-7-22-21(26)17-5-8-24(9-6-17)13-16-10-18(12-19(25)11-16)20-14(2)23-27-15(20)3/h1,10-12,17,25H,5-9,13H2,2-3H3,(H,22,26). The summed E-state index contributed by atoms with van der Waals surface area (Å²) in [6, 6.07) is 5.59. The maximum Gasteiger partial charge on any atom is 0.223 e. The molecule has 0 unspecified atom stereocenters. The van der Waals surface area contributed by atoms with E-state index in [1.807, 2.05) is 13.8 Å². The third-order valence-corrected chi connectivity index (χ3v) is 5.03. The van der Waals surface area contributed by atoms with Gasteiger partial charge in [0.15, 0.2) is 0 Å². The number of benzene rings is 1. The normalized spacial score (nSPS) is 15.4. The Hall–Kier alpha value is -2.78. The molecule has 0 bridgehead atoms. The number of hydrogen-bond acceptors (Lipinski definition) is 5. The Labute approximate surface area is 159 Å². The molecule has 6 heteroatoms. The number of phenolic OH excluding ortho intramolecular Hbond substituents is 1. The lowest BCUT2D eigenvalue weighted by Crippen LogP contribution is -2.40. The van der Waals surface area contributed by atoms with Crippen LogP contribution in [0.25, 0.3) is 11.1 Å². The third-order valence-electron chi connectivity index (χ3n) is 5.03. The highest BCUT2D eigenvalue weighted by Gasteiger charge is 2.25. The Bertz CT molecular complexity index is 839. The highest BCUT2D eigenvalue weighted by molar-refractivity contribution is 5.79. The molecule has 2 N–H and O–H groups in total. The second-order valence-corrected chi connectivity index (χ2v) is 7.06. The molecule has 2 aromatic rings. The van der Waals surface area contributed by atoms with Crippen LogP contribution in [-0.2, 0) is 11.3 Å². The summed E-state index contributed by atoms with van der Waals surface area (Å²) < 4.78 is 5.25. The second kappa shape index (κ2) is 8.28. The molecule has 2 heterocycles. The molecule has 27 heavy (non-hydrogen) atoms. The van der Waals surface area contributed by atoms with Crippen molar-refractivity contribution in [3.05, 3.63) is 35.2 Å². The third kappa shape index (κ3) is 4.50. The fourth-order valence-electron chi connectivity index (χ4n) is 3.70. The van der Waals surface area contributed by atoms with Gasteiger partial charge < -0.3 is 14.9 Å². The molecule has 1 saturated heterocycles. The topological polar surface area (TPSA) is 78.6 Å². The van der Waals surface area contributed by atoms with Gasteiger partial charge in [-0.2, -0.15) is 0 Å². The molecule has 1 aliphatic heterocycles. The summed E-state index contributed by atoms with van der Waals surface area (Å²) in [6.07, 6.45) is 6.81. The van der Waals surface area contributed by atoms with Crippen molar-refractivity contribution in [2.75, 3.05) is 19.6 Å². The van der Waals surface area contributed by atoms with Crippen molar-refractivity contribution in [3.8, 4) is 29.2 Å². The highest BCUT2D eigenvalue weighted by atomic mass is 16.5. The first-order valence-electron chi connectivity index (χ1n) is 9.17. The number of carbonyl (C=O) groups excluding carboxylic acids is 1.